The lowest BCUT2D eigenvalue weighted by molar-refractivity contribution is 0.533. The van der Waals surface area contributed by atoms with E-state index in [1.807, 2.05) is 38.1 Å². The fraction of sp³-hybridized carbons (Fsp3) is 0.316. The molecule has 4 heteroatoms. The first kappa shape index (κ1) is 17.4. The van der Waals surface area contributed by atoms with Gasteiger partial charge in [-0.3, -0.25) is 5.41 Å². The Bertz CT molecular complexity index is 707. The fourth-order valence-corrected chi connectivity index (χ4v) is 2.73. The first-order chi connectivity index (χ1) is 10.8. The van der Waals surface area contributed by atoms with Gasteiger partial charge in [-0.25, -0.2) is 0 Å². The van der Waals surface area contributed by atoms with Crippen molar-refractivity contribution in [1.29, 1.82) is 5.41 Å². The summed E-state index contributed by atoms with van der Waals surface area (Å²) in [6, 6.07) is 12.3. The van der Waals surface area contributed by atoms with Crippen molar-refractivity contribution < 1.29 is 0 Å². The van der Waals surface area contributed by atoms with Crippen LogP contribution in [0.2, 0.25) is 5.02 Å². The third-order valence-electron chi connectivity index (χ3n) is 4.18. The number of anilines is 2. The van der Waals surface area contributed by atoms with Crippen LogP contribution < -0.4 is 4.90 Å². The van der Waals surface area contributed by atoms with Gasteiger partial charge in [0.1, 0.15) is 5.84 Å². The predicted octanol–water partition coefficient (Wildman–Crippen LogP) is 5.00. The van der Waals surface area contributed by atoms with Gasteiger partial charge in [-0.15, -0.1) is 0 Å². The molecule has 0 saturated carbocycles. The van der Waals surface area contributed by atoms with Gasteiger partial charge >= 0.3 is 0 Å². The Morgan fingerprint density at radius 3 is 2.26 bits per heavy atom. The number of nitrogens with zero attached hydrogens (tertiary/aromatic N) is 2. The molecule has 23 heavy (non-hydrogen) atoms. The first-order valence-electron chi connectivity index (χ1n) is 7.75. The molecular formula is C19H24ClN3. The van der Waals surface area contributed by atoms with Crippen LogP contribution in [-0.2, 0) is 0 Å². The van der Waals surface area contributed by atoms with Crippen LogP contribution in [0.15, 0.2) is 36.4 Å². The van der Waals surface area contributed by atoms with Crippen molar-refractivity contribution in [1.82, 2.24) is 4.90 Å². The molecule has 2 aromatic carbocycles. The number of amidine groups is 1. The number of nitrogens with one attached hydrogen (secondary N) is 1. The third-order valence-corrected chi connectivity index (χ3v) is 4.49. The molecule has 1 N–H and O–H groups in total. The normalized spacial score (nSPS) is 10.5. The van der Waals surface area contributed by atoms with Crippen LogP contribution in [0.4, 0.5) is 11.4 Å². The van der Waals surface area contributed by atoms with Crippen LogP contribution >= 0.6 is 11.6 Å². The Morgan fingerprint density at radius 1 is 1.09 bits per heavy atom. The minimum atomic E-state index is 0.449. The number of halogens is 1. The van der Waals surface area contributed by atoms with Crippen LogP contribution in [0.3, 0.4) is 0 Å². The maximum atomic E-state index is 8.27. The van der Waals surface area contributed by atoms with E-state index >= 15 is 0 Å². The average Bonchev–Trinajstić information content (AvgIpc) is 2.55. The summed E-state index contributed by atoms with van der Waals surface area (Å²) in [4.78, 5) is 4.00. The highest BCUT2D eigenvalue weighted by Gasteiger charge is 2.15. The number of hydrogen-bond donors (Lipinski definition) is 1. The molecule has 0 aliphatic rings. The topological polar surface area (TPSA) is 30.3 Å². The number of benzene rings is 2. The molecule has 0 fully saturated rings. The van der Waals surface area contributed by atoms with Gasteiger partial charge in [0.25, 0.3) is 0 Å². The Kier molecular flexibility index (Phi) is 5.32. The Labute approximate surface area is 144 Å². The summed E-state index contributed by atoms with van der Waals surface area (Å²) < 4.78 is 0. The smallest absolute Gasteiger partial charge is 0.129 e. The lowest BCUT2D eigenvalue weighted by atomic mass is 10.1. The first-order valence-corrected chi connectivity index (χ1v) is 8.13. The van der Waals surface area contributed by atoms with E-state index in [9.17, 15) is 0 Å². The summed E-state index contributed by atoms with van der Waals surface area (Å²) in [6.07, 6.45) is 0. The van der Waals surface area contributed by atoms with Crippen LogP contribution in [-0.4, -0.2) is 31.4 Å². The maximum absolute atomic E-state index is 8.27. The highest BCUT2D eigenvalue weighted by Crippen LogP contribution is 2.32. The van der Waals surface area contributed by atoms with E-state index in [0.29, 0.717) is 10.9 Å². The van der Waals surface area contributed by atoms with Crippen LogP contribution in [0.25, 0.3) is 0 Å². The number of hydrogen-bond acceptors (Lipinski definition) is 2. The van der Waals surface area contributed by atoms with Gasteiger partial charge in [0.15, 0.2) is 0 Å². The van der Waals surface area contributed by atoms with Gasteiger partial charge in [-0.1, -0.05) is 29.3 Å². The monoisotopic (exact) mass is 329 g/mol. The lowest BCUT2D eigenvalue weighted by Gasteiger charge is -2.24. The number of aryl methyl sites for hydroxylation is 2. The second-order valence-corrected chi connectivity index (χ2v) is 6.28. The Hall–Kier alpha value is -2.00. The molecule has 2 rings (SSSR count). The highest BCUT2D eigenvalue weighted by atomic mass is 35.5. The number of rotatable bonds is 4. The van der Waals surface area contributed by atoms with Gasteiger partial charge in [-0.05, 0) is 50.6 Å². The molecule has 3 nitrogen and oxygen atoms in total. The van der Waals surface area contributed by atoms with Crippen molar-refractivity contribution in [3.63, 3.8) is 0 Å². The Balaban J connectivity index is 2.40. The average molecular weight is 330 g/mol. The fourth-order valence-electron chi connectivity index (χ4n) is 2.49. The van der Waals surface area contributed by atoms with Crippen molar-refractivity contribution in [2.75, 3.05) is 25.5 Å². The molecule has 0 amide bonds. The SMILES string of the molecule is CCN(C)C(=N)c1cc(C)c(N(C)c2ccc(C)cc2)cc1Cl. The van der Waals surface area contributed by atoms with E-state index in [2.05, 4.69) is 43.0 Å². The molecule has 0 aromatic heterocycles. The van der Waals surface area contributed by atoms with Crippen molar-refractivity contribution in [3.05, 3.63) is 58.1 Å². The zero-order valence-electron chi connectivity index (χ0n) is 14.4. The molecule has 0 bridgehead atoms. The molecule has 122 valence electrons. The van der Waals surface area contributed by atoms with E-state index in [1.54, 1.807) is 0 Å². The zero-order chi connectivity index (χ0) is 17.1. The molecule has 2 aromatic rings. The van der Waals surface area contributed by atoms with E-state index in [-0.39, 0.29) is 0 Å². The van der Waals surface area contributed by atoms with Crippen LogP contribution in [0.1, 0.15) is 23.6 Å². The summed E-state index contributed by atoms with van der Waals surface area (Å²) >= 11 is 6.46. The Morgan fingerprint density at radius 2 is 1.70 bits per heavy atom. The van der Waals surface area contributed by atoms with E-state index in [4.69, 9.17) is 17.0 Å². The van der Waals surface area contributed by atoms with E-state index in [1.165, 1.54) is 5.56 Å². The van der Waals surface area contributed by atoms with Crippen molar-refractivity contribution in [3.8, 4) is 0 Å². The molecular weight excluding hydrogens is 306 g/mol. The minimum Gasteiger partial charge on any atom is -0.360 e. The maximum Gasteiger partial charge on any atom is 0.129 e. The van der Waals surface area contributed by atoms with Gasteiger partial charge in [0.05, 0.1) is 5.02 Å². The van der Waals surface area contributed by atoms with Gasteiger partial charge in [0.2, 0.25) is 0 Å². The molecule has 0 saturated heterocycles. The molecule has 0 radical (unpaired) electrons. The zero-order valence-corrected chi connectivity index (χ0v) is 15.2. The van der Waals surface area contributed by atoms with Crippen LogP contribution in [0, 0.1) is 19.3 Å². The molecule has 0 spiro atoms. The summed E-state index contributed by atoms with van der Waals surface area (Å²) in [6.45, 7) is 6.93. The van der Waals surface area contributed by atoms with Gasteiger partial charge in [0, 0.05) is 37.6 Å². The summed E-state index contributed by atoms with van der Waals surface area (Å²) in [5.74, 6) is 0.449. The van der Waals surface area contributed by atoms with Gasteiger partial charge in [-0.2, -0.15) is 0 Å². The van der Waals surface area contributed by atoms with Crippen molar-refractivity contribution in [2.24, 2.45) is 0 Å². The summed E-state index contributed by atoms with van der Waals surface area (Å²) in [7, 11) is 3.94. The molecule has 0 heterocycles. The quantitative estimate of drug-likeness (QED) is 0.632. The summed E-state index contributed by atoms with van der Waals surface area (Å²) in [5.41, 5.74) is 5.28. The molecule has 0 unspecified atom stereocenters. The molecule has 0 aliphatic carbocycles. The lowest BCUT2D eigenvalue weighted by Crippen LogP contribution is -2.26. The van der Waals surface area contributed by atoms with E-state index < -0.39 is 0 Å². The second kappa shape index (κ2) is 7.05. The predicted molar refractivity (Wildman–Crippen MR) is 101 cm³/mol. The highest BCUT2D eigenvalue weighted by molar-refractivity contribution is 6.34. The minimum absolute atomic E-state index is 0.449. The standard InChI is InChI=1S/C19H24ClN3/c1-6-22(4)19(21)16-11-14(3)18(12-17(16)20)23(5)15-9-7-13(2)8-10-15/h7-12,21H,6H2,1-5H3. The van der Waals surface area contributed by atoms with Crippen molar-refractivity contribution >= 4 is 28.8 Å². The largest absolute Gasteiger partial charge is 0.360 e. The molecule has 0 aliphatic heterocycles. The third kappa shape index (κ3) is 3.67. The summed E-state index contributed by atoms with van der Waals surface area (Å²) in [5, 5.41) is 8.87. The van der Waals surface area contributed by atoms with Crippen LogP contribution in [0.5, 0.6) is 0 Å². The van der Waals surface area contributed by atoms with E-state index in [0.717, 1.165) is 29.0 Å². The second-order valence-electron chi connectivity index (χ2n) is 5.88. The van der Waals surface area contributed by atoms with Crippen molar-refractivity contribution in [2.45, 2.75) is 20.8 Å². The van der Waals surface area contributed by atoms with Gasteiger partial charge < -0.3 is 9.80 Å². The molecule has 0 atom stereocenters.